The van der Waals surface area contributed by atoms with Gasteiger partial charge in [0.25, 0.3) is 0 Å². The molecule has 0 aliphatic carbocycles. The molecule has 1 aromatic carbocycles. The molecule has 0 spiro atoms. The van der Waals surface area contributed by atoms with Crippen molar-refractivity contribution in [3.05, 3.63) is 47.6 Å². The monoisotopic (exact) mass is 405 g/mol. The summed E-state index contributed by atoms with van der Waals surface area (Å²) in [5, 5.41) is 5.86. The predicted molar refractivity (Wildman–Crippen MR) is 112 cm³/mol. The number of amides is 2. The van der Waals surface area contributed by atoms with Gasteiger partial charge in [0, 0.05) is 23.2 Å². The molecule has 2 rings (SSSR count). The van der Waals surface area contributed by atoms with Crippen LogP contribution in [0.5, 0.6) is 0 Å². The standard InChI is InChI=1S/C20H24ClN3O2S/c1-13(19(26)24-17-9-8-14(21)12-22-17)27-16-7-5-6-15(10-16)23-18(25)11-20(2,3)4/h5-10,12-13H,11H2,1-4H3,(H,23,25)(H,22,24,26). The molecule has 2 aromatic rings. The zero-order valence-electron chi connectivity index (χ0n) is 15.9. The number of hydrogen-bond acceptors (Lipinski definition) is 4. The second kappa shape index (κ2) is 9.24. The van der Waals surface area contributed by atoms with E-state index in [4.69, 9.17) is 11.6 Å². The van der Waals surface area contributed by atoms with Gasteiger partial charge >= 0.3 is 0 Å². The number of benzene rings is 1. The third-order valence-corrected chi connectivity index (χ3v) is 4.79. The largest absolute Gasteiger partial charge is 0.326 e. The van der Waals surface area contributed by atoms with Gasteiger partial charge in [0.15, 0.2) is 0 Å². The molecular weight excluding hydrogens is 382 g/mol. The van der Waals surface area contributed by atoms with Crippen LogP contribution in [0.15, 0.2) is 47.5 Å². The van der Waals surface area contributed by atoms with Gasteiger partial charge in [-0.1, -0.05) is 38.4 Å². The zero-order chi connectivity index (χ0) is 20.0. The van der Waals surface area contributed by atoms with E-state index in [0.717, 1.165) is 10.6 Å². The molecule has 27 heavy (non-hydrogen) atoms. The number of carbonyl (C=O) groups excluding carboxylic acids is 2. The van der Waals surface area contributed by atoms with Gasteiger partial charge in [-0.2, -0.15) is 0 Å². The molecule has 2 N–H and O–H groups in total. The summed E-state index contributed by atoms with van der Waals surface area (Å²) in [5.41, 5.74) is 0.653. The maximum absolute atomic E-state index is 12.3. The van der Waals surface area contributed by atoms with E-state index < -0.39 is 0 Å². The van der Waals surface area contributed by atoms with Gasteiger partial charge in [0.05, 0.1) is 10.3 Å². The molecule has 1 atom stereocenters. The van der Waals surface area contributed by atoms with Crippen LogP contribution in [0.4, 0.5) is 11.5 Å². The quantitative estimate of drug-likeness (QED) is 0.645. The van der Waals surface area contributed by atoms with Crippen molar-refractivity contribution in [2.75, 3.05) is 10.6 Å². The number of carbonyl (C=O) groups is 2. The second-order valence-electron chi connectivity index (χ2n) is 7.42. The van der Waals surface area contributed by atoms with Crippen molar-refractivity contribution in [1.82, 2.24) is 4.98 Å². The van der Waals surface area contributed by atoms with Crippen LogP contribution < -0.4 is 10.6 Å². The van der Waals surface area contributed by atoms with Crippen LogP contribution in [-0.2, 0) is 9.59 Å². The van der Waals surface area contributed by atoms with Gasteiger partial charge in [0.1, 0.15) is 5.82 Å². The fourth-order valence-corrected chi connectivity index (χ4v) is 3.31. The first kappa shape index (κ1) is 21.3. The van der Waals surface area contributed by atoms with E-state index in [1.54, 1.807) is 12.1 Å². The maximum atomic E-state index is 12.3. The molecule has 0 saturated heterocycles. The molecule has 1 unspecified atom stereocenters. The van der Waals surface area contributed by atoms with Crippen LogP contribution in [-0.4, -0.2) is 22.0 Å². The fourth-order valence-electron chi connectivity index (χ4n) is 2.27. The Hall–Kier alpha value is -2.05. The summed E-state index contributed by atoms with van der Waals surface area (Å²) in [6.45, 7) is 7.89. The Morgan fingerprint density at radius 1 is 1.19 bits per heavy atom. The summed E-state index contributed by atoms with van der Waals surface area (Å²) in [6.07, 6.45) is 1.93. The molecule has 0 aliphatic rings. The van der Waals surface area contributed by atoms with Crippen LogP contribution in [0.1, 0.15) is 34.1 Å². The molecule has 0 aliphatic heterocycles. The number of anilines is 2. The number of nitrogens with one attached hydrogen (secondary N) is 2. The van der Waals surface area contributed by atoms with Crippen molar-refractivity contribution in [3.8, 4) is 0 Å². The molecule has 1 heterocycles. The fraction of sp³-hybridized carbons (Fsp3) is 0.350. The number of nitrogens with zero attached hydrogens (tertiary/aromatic N) is 1. The first-order valence-corrected chi connectivity index (χ1v) is 9.87. The van der Waals surface area contributed by atoms with Crippen molar-refractivity contribution < 1.29 is 9.59 Å². The minimum atomic E-state index is -0.331. The van der Waals surface area contributed by atoms with Crippen molar-refractivity contribution >= 4 is 46.7 Å². The number of hydrogen-bond donors (Lipinski definition) is 2. The molecule has 0 bridgehead atoms. The topological polar surface area (TPSA) is 71.1 Å². The molecule has 0 radical (unpaired) electrons. The Kier molecular flexibility index (Phi) is 7.27. The minimum absolute atomic E-state index is 0.0238. The van der Waals surface area contributed by atoms with E-state index in [1.165, 1.54) is 18.0 Å². The highest BCUT2D eigenvalue weighted by molar-refractivity contribution is 8.00. The number of aromatic nitrogens is 1. The summed E-state index contributed by atoms with van der Waals surface area (Å²) in [4.78, 5) is 29.4. The van der Waals surface area contributed by atoms with E-state index in [2.05, 4.69) is 15.6 Å². The highest BCUT2D eigenvalue weighted by Gasteiger charge is 2.17. The van der Waals surface area contributed by atoms with Crippen LogP contribution in [0.3, 0.4) is 0 Å². The van der Waals surface area contributed by atoms with Crippen molar-refractivity contribution in [2.45, 2.75) is 44.3 Å². The second-order valence-corrected chi connectivity index (χ2v) is 9.28. The Morgan fingerprint density at radius 3 is 2.56 bits per heavy atom. The van der Waals surface area contributed by atoms with Crippen LogP contribution in [0.2, 0.25) is 5.02 Å². The van der Waals surface area contributed by atoms with E-state index in [9.17, 15) is 9.59 Å². The number of pyridine rings is 1. The van der Waals surface area contributed by atoms with Gasteiger partial charge in [0.2, 0.25) is 11.8 Å². The van der Waals surface area contributed by atoms with E-state index in [1.807, 2.05) is 52.0 Å². The summed E-state index contributed by atoms with van der Waals surface area (Å²) in [6, 6.07) is 10.8. The molecule has 1 aromatic heterocycles. The highest BCUT2D eigenvalue weighted by Crippen LogP contribution is 2.27. The van der Waals surface area contributed by atoms with Crippen molar-refractivity contribution in [1.29, 1.82) is 0 Å². The van der Waals surface area contributed by atoms with E-state index >= 15 is 0 Å². The minimum Gasteiger partial charge on any atom is -0.326 e. The van der Waals surface area contributed by atoms with Crippen LogP contribution in [0, 0.1) is 5.41 Å². The van der Waals surface area contributed by atoms with Crippen LogP contribution in [0.25, 0.3) is 0 Å². The Balaban J connectivity index is 1.95. The van der Waals surface area contributed by atoms with Gasteiger partial charge in [-0.15, -0.1) is 11.8 Å². The van der Waals surface area contributed by atoms with E-state index in [0.29, 0.717) is 17.3 Å². The SMILES string of the molecule is CC(Sc1cccc(NC(=O)CC(C)(C)C)c1)C(=O)Nc1ccc(Cl)cn1. The smallest absolute Gasteiger partial charge is 0.238 e. The molecular formula is C20H24ClN3O2S. The maximum Gasteiger partial charge on any atom is 0.238 e. The third-order valence-electron chi connectivity index (χ3n) is 3.47. The number of thioether (sulfide) groups is 1. The van der Waals surface area contributed by atoms with Crippen molar-refractivity contribution in [2.24, 2.45) is 5.41 Å². The summed E-state index contributed by atoms with van der Waals surface area (Å²) < 4.78 is 0. The van der Waals surface area contributed by atoms with Crippen molar-refractivity contribution in [3.63, 3.8) is 0 Å². The van der Waals surface area contributed by atoms with Gasteiger partial charge in [-0.3, -0.25) is 9.59 Å². The van der Waals surface area contributed by atoms with E-state index in [-0.39, 0.29) is 22.5 Å². The normalized spacial score (nSPS) is 12.3. The summed E-state index contributed by atoms with van der Waals surface area (Å²) >= 11 is 7.21. The molecule has 0 fully saturated rings. The number of rotatable bonds is 6. The summed E-state index contributed by atoms with van der Waals surface area (Å²) in [7, 11) is 0. The van der Waals surface area contributed by atoms with Gasteiger partial charge in [-0.25, -0.2) is 4.98 Å². The molecule has 0 saturated carbocycles. The molecule has 2 amide bonds. The third kappa shape index (κ3) is 7.61. The lowest BCUT2D eigenvalue weighted by Crippen LogP contribution is -2.23. The lowest BCUT2D eigenvalue weighted by atomic mass is 9.92. The lowest BCUT2D eigenvalue weighted by Gasteiger charge is -2.17. The van der Waals surface area contributed by atoms with Gasteiger partial charge < -0.3 is 10.6 Å². The Labute approximate surface area is 169 Å². The van der Waals surface area contributed by atoms with Gasteiger partial charge in [-0.05, 0) is 42.7 Å². The molecule has 7 heteroatoms. The molecule has 5 nitrogen and oxygen atoms in total. The zero-order valence-corrected chi connectivity index (χ0v) is 17.4. The lowest BCUT2D eigenvalue weighted by molar-refractivity contribution is -0.118. The summed E-state index contributed by atoms with van der Waals surface area (Å²) in [5.74, 6) is 0.279. The number of halogens is 1. The Bertz CT molecular complexity index is 804. The average molecular weight is 406 g/mol. The highest BCUT2D eigenvalue weighted by atomic mass is 35.5. The average Bonchev–Trinajstić information content (AvgIpc) is 2.55. The molecule has 144 valence electrons. The van der Waals surface area contributed by atoms with Crippen LogP contribution >= 0.6 is 23.4 Å². The predicted octanol–water partition coefficient (Wildman–Crippen LogP) is 5.23. The first-order valence-electron chi connectivity index (χ1n) is 8.61. The first-order chi connectivity index (χ1) is 12.6. The Morgan fingerprint density at radius 2 is 1.93 bits per heavy atom.